The second kappa shape index (κ2) is 8.27. The van der Waals surface area contributed by atoms with Crippen molar-refractivity contribution in [1.29, 1.82) is 0 Å². The highest BCUT2D eigenvalue weighted by atomic mass is 16.5. The fourth-order valence-electron chi connectivity index (χ4n) is 3.57. The first-order valence-electron chi connectivity index (χ1n) is 9.09. The second-order valence-corrected chi connectivity index (χ2v) is 6.79. The number of methoxy groups -OCH3 is 2. The van der Waals surface area contributed by atoms with Crippen LogP contribution in [0.25, 0.3) is 0 Å². The molecule has 10 nitrogen and oxygen atoms in total. The molecule has 1 aromatic rings. The Morgan fingerprint density at radius 2 is 1.20 bits per heavy atom. The van der Waals surface area contributed by atoms with E-state index in [9.17, 15) is 19.2 Å². The van der Waals surface area contributed by atoms with Crippen LogP contribution < -0.4 is 21.3 Å². The topological polar surface area (TPSA) is 135 Å². The van der Waals surface area contributed by atoms with Gasteiger partial charge in [-0.25, -0.2) is 19.2 Å². The first kappa shape index (κ1) is 20.9. The van der Waals surface area contributed by atoms with Gasteiger partial charge in [-0.2, -0.15) is 0 Å². The number of hydrogen-bond acceptors (Lipinski definition) is 6. The Kier molecular flexibility index (Phi) is 5.77. The number of nitrogens with one attached hydrogen (secondary N) is 4. The van der Waals surface area contributed by atoms with Gasteiger partial charge < -0.3 is 30.7 Å². The second-order valence-electron chi connectivity index (χ2n) is 6.79. The van der Waals surface area contributed by atoms with Crippen molar-refractivity contribution in [2.24, 2.45) is 0 Å². The lowest BCUT2D eigenvalue weighted by Gasteiger charge is -2.30. The molecule has 0 saturated heterocycles. The molecule has 4 amide bonds. The van der Waals surface area contributed by atoms with Crippen molar-refractivity contribution < 1.29 is 28.7 Å². The van der Waals surface area contributed by atoms with Gasteiger partial charge in [0.05, 0.1) is 37.4 Å². The summed E-state index contributed by atoms with van der Waals surface area (Å²) in [7, 11) is 2.51. The fourth-order valence-corrected chi connectivity index (χ4v) is 3.57. The zero-order chi connectivity index (χ0) is 22.0. The molecule has 2 aliphatic rings. The van der Waals surface area contributed by atoms with Crippen LogP contribution in [-0.4, -0.2) is 38.2 Å². The number of amides is 4. The molecule has 0 bridgehead atoms. The van der Waals surface area contributed by atoms with E-state index in [0.717, 1.165) is 0 Å². The molecule has 1 aromatic carbocycles. The van der Waals surface area contributed by atoms with Gasteiger partial charge in [-0.15, -0.1) is 0 Å². The maximum absolute atomic E-state index is 12.3. The molecule has 0 saturated carbocycles. The number of carbonyl (C=O) groups excluding carboxylic acids is 4. The van der Waals surface area contributed by atoms with E-state index in [4.69, 9.17) is 9.47 Å². The van der Waals surface area contributed by atoms with Crippen LogP contribution in [0.3, 0.4) is 0 Å². The van der Waals surface area contributed by atoms with Crippen LogP contribution in [0, 0.1) is 0 Å². The summed E-state index contributed by atoms with van der Waals surface area (Å²) in [4.78, 5) is 48.7. The van der Waals surface area contributed by atoms with Gasteiger partial charge in [-0.1, -0.05) is 24.3 Å². The van der Waals surface area contributed by atoms with Gasteiger partial charge in [0.25, 0.3) is 0 Å². The van der Waals surface area contributed by atoms with Gasteiger partial charge in [-0.05, 0) is 25.0 Å². The molecule has 4 N–H and O–H groups in total. The van der Waals surface area contributed by atoms with Crippen LogP contribution >= 0.6 is 0 Å². The normalized spacial score (nSPS) is 21.2. The molecule has 2 unspecified atom stereocenters. The summed E-state index contributed by atoms with van der Waals surface area (Å²) in [5.74, 6) is -1.17. The number of benzene rings is 1. The van der Waals surface area contributed by atoms with Crippen molar-refractivity contribution in [2.45, 2.75) is 25.9 Å². The molecule has 158 valence electrons. The predicted octanol–water partition coefficient (Wildman–Crippen LogP) is 1.29. The molecule has 30 heavy (non-hydrogen) atoms. The minimum Gasteiger partial charge on any atom is -0.466 e. The summed E-state index contributed by atoms with van der Waals surface area (Å²) in [5, 5.41) is 10.5. The van der Waals surface area contributed by atoms with Crippen molar-refractivity contribution in [3.63, 3.8) is 0 Å². The SMILES string of the molecule is COC(=O)C1=C(C)NC(=O)NC1c1cccc(C2NC(=O)NC(C)=C2C(=O)OC)c1. The molecule has 0 aromatic heterocycles. The Labute approximate surface area is 172 Å². The van der Waals surface area contributed by atoms with Crippen LogP contribution in [0.2, 0.25) is 0 Å². The van der Waals surface area contributed by atoms with Crippen LogP contribution in [-0.2, 0) is 19.1 Å². The number of ether oxygens (including phenoxy) is 2. The van der Waals surface area contributed by atoms with Crippen molar-refractivity contribution in [3.8, 4) is 0 Å². The summed E-state index contributed by atoms with van der Waals surface area (Å²) >= 11 is 0. The minimum absolute atomic E-state index is 0.253. The number of hydrogen-bond donors (Lipinski definition) is 4. The van der Waals surface area contributed by atoms with Crippen molar-refractivity contribution in [2.75, 3.05) is 14.2 Å². The van der Waals surface area contributed by atoms with E-state index < -0.39 is 36.1 Å². The zero-order valence-corrected chi connectivity index (χ0v) is 16.9. The highest BCUT2D eigenvalue weighted by Gasteiger charge is 2.34. The summed E-state index contributed by atoms with van der Waals surface area (Å²) in [6.07, 6.45) is 0. The lowest BCUT2D eigenvalue weighted by Crippen LogP contribution is -2.46. The smallest absolute Gasteiger partial charge is 0.337 e. The standard InChI is InChI=1S/C20H22N4O6/c1-9-13(17(25)29-3)15(23-19(27)21-9)11-6-5-7-12(8-11)16-14(18(26)30-4)10(2)22-20(28)24-16/h5-8,15-16H,1-4H3,(H2,21,23,27)(H2,22,24,28). The monoisotopic (exact) mass is 414 g/mol. The third-order valence-corrected chi connectivity index (χ3v) is 4.93. The molecule has 2 aliphatic heterocycles. The molecule has 2 atom stereocenters. The number of carbonyl (C=O) groups is 4. The van der Waals surface area contributed by atoms with Crippen molar-refractivity contribution in [1.82, 2.24) is 21.3 Å². The molecule has 2 heterocycles. The number of esters is 2. The van der Waals surface area contributed by atoms with Gasteiger partial charge in [0.2, 0.25) is 0 Å². The van der Waals surface area contributed by atoms with E-state index in [1.54, 1.807) is 38.1 Å². The number of urea groups is 2. The summed E-state index contributed by atoms with van der Waals surface area (Å²) in [6.45, 7) is 3.21. The van der Waals surface area contributed by atoms with Crippen LogP contribution in [0.15, 0.2) is 46.8 Å². The summed E-state index contributed by atoms with van der Waals surface area (Å²) in [6, 6.07) is 4.42. The van der Waals surface area contributed by atoms with Gasteiger partial charge in [0.15, 0.2) is 0 Å². The van der Waals surface area contributed by atoms with Crippen molar-refractivity contribution in [3.05, 3.63) is 57.9 Å². The first-order valence-corrected chi connectivity index (χ1v) is 9.09. The summed E-state index contributed by atoms with van der Waals surface area (Å²) < 4.78 is 9.73. The average Bonchev–Trinajstić information content (AvgIpc) is 2.71. The lowest BCUT2D eigenvalue weighted by atomic mass is 9.90. The Morgan fingerprint density at radius 1 is 0.800 bits per heavy atom. The van der Waals surface area contributed by atoms with E-state index in [1.165, 1.54) is 14.2 Å². The molecule has 10 heteroatoms. The largest absolute Gasteiger partial charge is 0.466 e. The van der Waals surface area contributed by atoms with Gasteiger partial charge in [0, 0.05) is 11.4 Å². The molecule has 0 radical (unpaired) electrons. The Bertz CT molecular complexity index is 922. The average molecular weight is 414 g/mol. The lowest BCUT2D eigenvalue weighted by molar-refractivity contribution is -0.137. The number of rotatable bonds is 4. The molecule has 3 rings (SSSR count). The van der Waals surface area contributed by atoms with Crippen molar-refractivity contribution >= 4 is 24.0 Å². The van der Waals surface area contributed by atoms with E-state index in [1.807, 2.05) is 0 Å². The minimum atomic E-state index is -0.768. The fraction of sp³-hybridized carbons (Fsp3) is 0.300. The van der Waals surface area contributed by atoms with E-state index >= 15 is 0 Å². The Hall–Kier alpha value is -3.82. The molecule has 0 fully saturated rings. The molecular formula is C20H22N4O6. The van der Waals surface area contributed by atoms with Crippen LogP contribution in [0.5, 0.6) is 0 Å². The molecule has 0 spiro atoms. The van der Waals surface area contributed by atoms with E-state index in [2.05, 4.69) is 21.3 Å². The van der Waals surface area contributed by atoms with Gasteiger partial charge >= 0.3 is 24.0 Å². The van der Waals surface area contributed by atoms with Crippen LogP contribution in [0.4, 0.5) is 9.59 Å². The Balaban J connectivity index is 2.07. The third kappa shape index (κ3) is 3.84. The van der Waals surface area contributed by atoms with E-state index in [0.29, 0.717) is 22.5 Å². The van der Waals surface area contributed by atoms with Gasteiger partial charge in [0.1, 0.15) is 0 Å². The molecular weight excluding hydrogens is 392 g/mol. The highest BCUT2D eigenvalue weighted by Crippen LogP contribution is 2.32. The maximum Gasteiger partial charge on any atom is 0.337 e. The maximum atomic E-state index is 12.3. The predicted molar refractivity (Wildman–Crippen MR) is 105 cm³/mol. The molecule has 0 aliphatic carbocycles. The quantitative estimate of drug-likeness (QED) is 0.549. The highest BCUT2D eigenvalue weighted by molar-refractivity contribution is 5.96. The first-order chi connectivity index (χ1) is 14.3. The Morgan fingerprint density at radius 3 is 1.57 bits per heavy atom. The van der Waals surface area contributed by atoms with Gasteiger partial charge in [-0.3, -0.25) is 0 Å². The summed E-state index contributed by atoms with van der Waals surface area (Å²) in [5.41, 5.74) is 2.42. The zero-order valence-electron chi connectivity index (χ0n) is 16.9. The third-order valence-electron chi connectivity index (χ3n) is 4.93. The van der Waals surface area contributed by atoms with E-state index in [-0.39, 0.29) is 11.1 Å². The number of allylic oxidation sites excluding steroid dienone is 2. The van der Waals surface area contributed by atoms with Crippen LogP contribution in [0.1, 0.15) is 37.1 Å².